The van der Waals surface area contributed by atoms with E-state index < -0.39 is 113 Å². The molecule has 3 aromatic rings. The highest BCUT2D eigenvalue weighted by Crippen LogP contribution is 2.40. The second kappa shape index (κ2) is 11.8. The Hall–Kier alpha value is -3.71. The van der Waals surface area contributed by atoms with Crippen LogP contribution in [0.3, 0.4) is 0 Å². The molecular formula is C27H30O16. The summed E-state index contributed by atoms with van der Waals surface area (Å²) < 4.78 is 28.3. The average molecular weight is 611 g/mol. The Morgan fingerprint density at radius 3 is 2.19 bits per heavy atom. The van der Waals surface area contributed by atoms with Crippen LogP contribution in [0.2, 0.25) is 0 Å². The molecule has 0 radical (unpaired) electrons. The van der Waals surface area contributed by atoms with Gasteiger partial charge in [-0.1, -0.05) is 0 Å². The van der Waals surface area contributed by atoms with Gasteiger partial charge < -0.3 is 74.4 Å². The van der Waals surface area contributed by atoms with Gasteiger partial charge in [0.25, 0.3) is 0 Å². The Balaban J connectivity index is 1.62. The summed E-state index contributed by atoms with van der Waals surface area (Å²) in [5.41, 5.74) is -1.39. The van der Waals surface area contributed by atoms with Gasteiger partial charge in [0.15, 0.2) is 29.7 Å². The minimum atomic E-state index is -1.91. The van der Waals surface area contributed by atoms with Gasteiger partial charge in [0.2, 0.25) is 17.5 Å². The lowest BCUT2D eigenvalue weighted by Gasteiger charge is -2.45. The zero-order chi connectivity index (χ0) is 31.3. The standard InChI is InChI=1S/C27H30O16/c1-8-17(33)20(36)22(38)26(39-8)43-25-21(37)18(34)15(7-28)41-27(25)42-24-19(35)16-13(32)5-10(29)6-14(16)40-23(24)9-2-3-11(30)12(31)4-9/h2-6,8,15,17-18,20-22,25-34,36-38H,7H2,1H3/t8-,15+,17-,18+,20+,21-,22+,25+,26-,27-/m0/s1. The maximum atomic E-state index is 13.7. The number of hydrogen-bond acceptors (Lipinski definition) is 16. The number of ether oxygens (including phenoxy) is 4. The molecule has 0 unspecified atom stereocenters. The number of aliphatic hydroxyl groups is 6. The van der Waals surface area contributed by atoms with Crippen molar-refractivity contribution in [1.82, 2.24) is 0 Å². The third-order valence-corrected chi connectivity index (χ3v) is 7.31. The zero-order valence-electron chi connectivity index (χ0n) is 22.3. The lowest BCUT2D eigenvalue weighted by atomic mass is 9.97. The molecule has 2 saturated heterocycles. The molecular weight excluding hydrogens is 580 g/mol. The summed E-state index contributed by atoms with van der Waals surface area (Å²) in [6.07, 6.45) is -16.7. The molecule has 0 bridgehead atoms. The second-order valence-corrected chi connectivity index (χ2v) is 10.2. The molecule has 10 atom stereocenters. The third kappa shape index (κ3) is 5.55. The molecule has 10 N–H and O–H groups in total. The van der Waals surface area contributed by atoms with Crippen molar-refractivity contribution < 1.29 is 74.4 Å². The molecule has 2 aliphatic rings. The van der Waals surface area contributed by atoms with E-state index in [1.54, 1.807) is 0 Å². The Labute approximate surface area is 241 Å². The normalized spacial score (nSPS) is 33.0. The Morgan fingerprint density at radius 2 is 1.51 bits per heavy atom. The summed E-state index contributed by atoms with van der Waals surface area (Å²) >= 11 is 0. The van der Waals surface area contributed by atoms with E-state index in [0.29, 0.717) is 0 Å². The van der Waals surface area contributed by atoms with E-state index in [2.05, 4.69) is 0 Å². The highest BCUT2D eigenvalue weighted by atomic mass is 16.8. The van der Waals surface area contributed by atoms with Gasteiger partial charge in [0.1, 0.15) is 59.1 Å². The van der Waals surface area contributed by atoms with E-state index in [1.165, 1.54) is 13.0 Å². The number of hydrogen-bond donors (Lipinski definition) is 10. The maximum absolute atomic E-state index is 13.7. The first kappa shape index (κ1) is 30.7. The lowest BCUT2D eigenvalue weighted by molar-refractivity contribution is -0.354. The van der Waals surface area contributed by atoms with E-state index >= 15 is 0 Å². The Bertz CT molecular complexity index is 1540. The summed E-state index contributed by atoms with van der Waals surface area (Å²) in [7, 11) is 0. The smallest absolute Gasteiger partial charge is 0.239 e. The fourth-order valence-electron chi connectivity index (χ4n) is 4.92. The minimum absolute atomic E-state index is 0.0447. The number of phenolic OH excluding ortho intramolecular Hbond substituents is 4. The number of aliphatic hydroxyl groups excluding tert-OH is 6. The van der Waals surface area contributed by atoms with Crippen LogP contribution in [-0.4, -0.2) is 119 Å². The van der Waals surface area contributed by atoms with Crippen LogP contribution in [0.25, 0.3) is 22.3 Å². The van der Waals surface area contributed by atoms with Crippen LogP contribution in [0, 0.1) is 0 Å². The highest BCUT2D eigenvalue weighted by Gasteiger charge is 2.51. The monoisotopic (exact) mass is 610 g/mol. The number of benzene rings is 2. The SMILES string of the molecule is C[C@@H]1O[C@@H](O[C@H]2[C@H](Oc3c(-c4ccc(O)c(O)c4)oc4cc(O)cc(O)c4c3=O)O[C@H](CO)[C@@H](O)[C@@H]2O)[C@H](O)[C@H](O)[C@H]1O. The first-order valence-corrected chi connectivity index (χ1v) is 13.0. The summed E-state index contributed by atoms with van der Waals surface area (Å²) in [4.78, 5) is 13.7. The van der Waals surface area contributed by atoms with E-state index in [9.17, 15) is 55.9 Å². The third-order valence-electron chi connectivity index (χ3n) is 7.31. The fourth-order valence-corrected chi connectivity index (χ4v) is 4.92. The van der Waals surface area contributed by atoms with Crippen LogP contribution in [0.1, 0.15) is 6.92 Å². The predicted octanol–water partition coefficient (Wildman–Crippen LogP) is -1.69. The van der Waals surface area contributed by atoms with Gasteiger partial charge in [0, 0.05) is 17.7 Å². The van der Waals surface area contributed by atoms with Crippen molar-refractivity contribution in [2.24, 2.45) is 0 Å². The number of fused-ring (bicyclic) bond motifs is 1. The molecule has 2 aromatic carbocycles. The predicted molar refractivity (Wildman–Crippen MR) is 140 cm³/mol. The lowest BCUT2D eigenvalue weighted by Crippen LogP contribution is -2.64. The summed E-state index contributed by atoms with van der Waals surface area (Å²) in [5, 5.41) is 102. The Kier molecular flexibility index (Phi) is 8.41. The minimum Gasteiger partial charge on any atom is -0.508 e. The van der Waals surface area contributed by atoms with Crippen molar-refractivity contribution >= 4 is 11.0 Å². The quantitative estimate of drug-likeness (QED) is 0.140. The molecule has 0 spiro atoms. The first-order valence-electron chi connectivity index (χ1n) is 13.0. The molecule has 1 aromatic heterocycles. The molecule has 3 heterocycles. The molecule has 16 nitrogen and oxygen atoms in total. The van der Waals surface area contributed by atoms with Crippen LogP contribution < -0.4 is 10.2 Å². The van der Waals surface area contributed by atoms with Gasteiger partial charge in [-0.3, -0.25) is 4.79 Å². The summed E-state index contributed by atoms with van der Waals surface area (Å²) in [5.74, 6) is -3.40. The maximum Gasteiger partial charge on any atom is 0.239 e. The van der Waals surface area contributed by atoms with Gasteiger partial charge >= 0.3 is 0 Å². The molecule has 2 fully saturated rings. The van der Waals surface area contributed by atoms with Crippen LogP contribution in [-0.2, 0) is 14.2 Å². The number of aromatic hydroxyl groups is 4. The largest absolute Gasteiger partial charge is 0.508 e. The second-order valence-electron chi connectivity index (χ2n) is 10.2. The summed E-state index contributed by atoms with van der Waals surface area (Å²) in [6, 6.07) is 5.21. The van der Waals surface area contributed by atoms with E-state index in [1.807, 2.05) is 0 Å². The fraction of sp³-hybridized carbons (Fsp3) is 0.444. The topological polar surface area (TPSA) is 269 Å². The van der Waals surface area contributed by atoms with Crippen LogP contribution in [0.4, 0.5) is 0 Å². The van der Waals surface area contributed by atoms with Crippen molar-refractivity contribution in [3.63, 3.8) is 0 Å². The van der Waals surface area contributed by atoms with Crippen molar-refractivity contribution in [2.45, 2.75) is 68.3 Å². The Morgan fingerprint density at radius 1 is 0.791 bits per heavy atom. The van der Waals surface area contributed by atoms with E-state index in [-0.39, 0.29) is 11.1 Å². The zero-order valence-corrected chi connectivity index (χ0v) is 22.3. The van der Waals surface area contributed by atoms with Crippen LogP contribution >= 0.6 is 0 Å². The van der Waals surface area contributed by atoms with Gasteiger partial charge in [-0.15, -0.1) is 0 Å². The molecule has 0 aliphatic carbocycles. The molecule has 5 rings (SSSR count). The van der Waals surface area contributed by atoms with Crippen molar-refractivity contribution in [3.8, 4) is 40.1 Å². The number of phenols is 4. The van der Waals surface area contributed by atoms with Crippen molar-refractivity contribution in [1.29, 1.82) is 0 Å². The van der Waals surface area contributed by atoms with Crippen molar-refractivity contribution in [3.05, 3.63) is 40.6 Å². The van der Waals surface area contributed by atoms with Gasteiger partial charge in [-0.05, 0) is 25.1 Å². The molecule has 16 heteroatoms. The van der Waals surface area contributed by atoms with E-state index in [4.69, 9.17) is 23.4 Å². The molecule has 43 heavy (non-hydrogen) atoms. The highest BCUT2D eigenvalue weighted by molar-refractivity contribution is 5.88. The van der Waals surface area contributed by atoms with Gasteiger partial charge in [-0.2, -0.15) is 0 Å². The molecule has 0 saturated carbocycles. The molecule has 0 amide bonds. The van der Waals surface area contributed by atoms with Crippen LogP contribution in [0.5, 0.6) is 28.7 Å². The van der Waals surface area contributed by atoms with E-state index in [0.717, 1.165) is 24.3 Å². The van der Waals surface area contributed by atoms with Gasteiger partial charge in [-0.25, -0.2) is 0 Å². The first-order chi connectivity index (χ1) is 20.3. The van der Waals surface area contributed by atoms with Crippen LogP contribution in [0.15, 0.2) is 39.5 Å². The average Bonchev–Trinajstić information content (AvgIpc) is 2.96. The van der Waals surface area contributed by atoms with Gasteiger partial charge in [0.05, 0.1) is 12.7 Å². The number of rotatable bonds is 6. The summed E-state index contributed by atoms with van der Waals surface area (Å²) in [6.45, 7) is 0.541. The molecule has 234 valence electrons. The molecule has 2 aliphatic heterocycles. The van der Waals surface area contributed by atoms with Crippen molar-refractivity contribution in [2.75, 3.05) is 6.61 Å².